The van der Waals surface area contributed by atoms with Crippen molar-refractivity contribution in [1.29, 1.82) is 0 Å². The highest BCUT2D eigenvalue weighted by Gasteiger charge is 2.17. The Morgan fingerprint density at radius 1 is 1.22 bits per heavy atom. The number of benzene rings is 1. The van der Waals surface area contributed by atoms with E-state index >= 15 is 0 Å². The lowest BCUT2D eigenvalue weighted by molar-refractivity contribution is 0.581. The third-order valence-electron chi connectivity index (χ3n) is 4.16. The second kappa shape index (κ2) is 6.84. The van der Waals surface area contributed by atoms with E-state index in [4.69, 9.17) is 0 Å². The first-order valence-corrected chi connectivity index (χ1v) is 10.4. The molecule has 0 aliphatic carbocycles. The van der Waals surface area contributed by atoms with Crippen molar-refractivity contribution in [3.05, 3.63) is 71.4 Å². The molecule has 0 bridgehead atoms. The molecule has 0 aliphatic heterocycles. The first-order valence-electron chi connectivity index (χ1n) is 8.07. The van der Waals surface area contributed by atoms with Gasteiger partial charge in [-0.1, -0.05) is 11.3 Å². The summed E-state index contributed by atoms with van der Waals surface area (Å²) < 4.78 is 42.3. The lowest BCUT2D eigenvalue weighted by Crippen LogP contribution is -2.23. The van der Waals surface area contributed by atoms with E-state index in [9.17, 15) is 12.8 Å². The van der Waals surface area contributed by atoms with E-state index in [2.05, 4.69) is 14.7 Å². The molecule has 0 amide bonds. The molecule has 0 spiro atoms. The quantitative estimate of drug-likeness (QED) is 0.555. The van der Waals surface area contributed by atoms with Gasteiger partial charge in [-0.2, -0.15) is 0 Å². The summed E-state index contributed by atoms with van der Waals surface area (Å²) in [6.07, 6.45) is 4.70. The van der Waals surface area contributed by atoms with Gasteiger partial charge in [-0.3, -0.25) is 9.38 Å². The standard InChI is InChI=1S/C18H15FN4O2S2/c1-12-17(10-21-27(24,25)15-3-2-8-20-9-15)26-18-22-16(11-23(12)18)13-4-6-14(19)7-5-13/h2-9,11,21H,10H2,1H3. The van der Waals surface area contributed by atoms with Crippen LogP contribution in [-0.4, -0.2) is 22.8 Å². The molecule has 138 valence electrons. The van der Waals surface area contributed by atoms with Crippen LogP contribution in [0, 0.1) is 12.7 Å². The second-order valence-electron chi connectivity index (χ2n) is 5.91. The van der Waals surface area contributed by atoms with Gasteiger partial charge in [0.15, 0.2) is 4.96 Å². The van der Waals surface area contributed by atoms with Crippen LogP contribution in [0.2, 0.25) is 0 Å². The largest absolute Gasteiger partial charge is 0.294 e. The van der Waals surface area contributed by atoms with Crippen LogP contribution in [0.4, 0.5) is 4.39 Å². The zero-order valence-corrected chi connectivity index (χ0v) is 15.9. The Bertz CT molecular complexity index is 1200. The minimum Gasteiger partial charge on any atom is -0.294 e. The second-order valence-corrected chi connectivity index (χ2v) is 8.74. The molecule has 0 saturated carbocycles. The highest BCUT2D eigenvalue weighted by Crippen LogP contribution is 2.27. The fraction of sp³-hybridized carbons (Fsp3) is 0.111. The van der Waals surface area contributed by atoms with Crippen LogP contribution in [0.5, 0.6) is 0 Å². The van der Waals surface area contributed by atoms with E-state index < -0.39 is 10.0 Å². The number of imidazole rings is 1. The number of rotatable bonds is 5. The maximum atomic E-state index is 13.1. The molecule has 4 rings (SSSR count). The van der Waals surface area contributed by atoms with Crippen LogP contribution < -0.4 is 4.72 Å². The molecular weight excluding hydrogens is 387 g/mol. The van der Waals surface area contributed by atoms with E-state index in [1.807, 2.05) is 17.5 Å². The van der Waals surface area contributed by atoms with Crippen LogP contribution >= 0.6 is 11.3 Å². The van der Waals surface area contributed by atoms with Crippen molar-refractivity contribution in [2.24, 2.45) is 0 Å². The lowest BCUT2D eigenvalue weighted by atomic mass is 10.2. The van der Waals surface area contributed by atoms with Gasteiger partial charge in [-0.15, -0.1) is 0 Å². The monoisotopic (exact) mass is 402 g/mol. The summed E-state index contributed by atoms with van der Waals surface area (Å²) in [4.78, 5) is 10.2. The summed E-state index contributed by atoms with van der Waals surface area (Å²) in [5.41, 5.74) is 2.47. The van der Waals surface area contributed by atoms with Crippen molar-refractivity contribution in [3.63, 3.8) is 0 Å². The highest BCUT2D eigenvalue weighted by atomic mass is 32.2. The maximum Gasteiger partial charge on any atom is 0.242 e. The number of aromatic nitrogens is 3. The molecule has 0 saturated heterocycles. The van der Waals surface area contributed by atoms with E-state index in [1.54, 1.807) is 18.2 Å². The predicted octanol–water partition coefficient (Wildman–Crippen LogP) is 3.38. The Labute approximate surface area is 159 Å². The topological polar surface area (TPSA) is 76.4 Å². The van der Waals surface area contributed by atoms with E-state index in [0.29, 0.717) is 0 Å². The molecule has 0 fully saturated rings. The number of fused-ring (bicyclic) bond motifs is 1. The SMILES string of the molecule is Cc1c(CNS(=O)(=O)c2cccnc2)sc2nc(-c3ccc(F)cc3)cn12. The van der Waals surface area contributed by atoms with Crippen molar-refractivity contribution in [3.8, 4) is 11.3 Å². The van der Waals surface area contributed by atoms with Gasteiger partial charge in [0.25, 0.3) is 0 Å². The predicted molar refractivity (Wildman–Crippen MR) is 101 cm³/mol. The number of aryl methyl sites for hydroxylation is 1. The fourth-order valence-electron chi connectivity index (χ4n) is 2.67. The number of thiazole rings is 1. The number of sulfonamides is 1. The van der Waals surface area contributed by atoms with Gasteiger partial charge in [-0.05, 0) is 43.3 Å². The molecule has 1 N–H and O–H groups in total. The average Bonchev–Trinajstić information content (AvgIpc) is 3.21. The minimum atomic E-state index is -3.62. The molecule has 3 heterocycles. The van der Waals surface area contributed by atoms with Gasteiger partial charge in [0, 0.05) is 41.3 Å². The Morgan fingerprint density at radius 2 is 2.00 bits per heavy atom. The van der Waals surface area contributed by atoms with Gasteiger partial charge in [0.2, 0.25) is 10.0 Å². The van der Waals surface area contributed by atoms with Crippen molar-refractivity contribution < 1.29 is 12.8 Å². The van der Waals surface area contributed by atoms with Gasteiger partial charge in [0.05, 0.1) is 5.69 Å². The molecule has 27 heavy (non-hydrogen) atoms. The number of halogens is 1. The third kappa shape index (κ3) is 3.48. The zero-order valence-electron chi connectivity index (χ0n) is 14.3. The molecule has 0 atom stereocenters. The van der Waals surface area contributed by atoms with Crippen LogP contribution in [0.25, 0.3) is 16.2 Å². The summed E-state index contributed by atoms with van der Waals surface area (Å²) in [7, 11) is -3.62. The van der Waals surface area contributed by atoms with Crippen LogP contribution in [0.15, 0.2) is 59.9 Å². The number of nitrogens with one attached hydrogen (secondary N) is 1. The van der Waals surface area contributed by atoms with Gasteiger partial charge < -0.3 is 0 Å². The van der Waals surface area contributed by atoms with Crippen LogP contribution in [0.1, 0.15) is 10.6 Å². The van der Waals surface area contributed by atoms with Crippen molar-refractivity contribution >= 4 is 26.3 Å². The highest BCUT2D eigenvalue weighted by molar-refractivity contribution is 7.89. The Kier molecular flexibility index (Phi) is 4.50. The Balaban J connectivity index is 1.58. The first-order chi connectivity index (χ1) is 12.9. The number of hydrogen-bond donors (Lipinski definition) is 1. The summed E-state index contributed by atoms with van der Waals surface area (Å²) in [5, 5.41) is 0. The molecular formula is C18H15FN4O2S2. The normalized spacial score (nSPS) is 11.9. The molecule has 9 heteroatoms. The lowest BCUT2D eigenvalue weighted by Gasteiger charge is -2.05. The minimum absolute atomic E-state index is 0.127. The van der Waals surface area contributed by atoms with Gasteiger partial charge in [0.1, 0.15) is 10.7 Å². The summed E-state index contributed by atoms with van der Waals surface area (Å²) in [6, 6.07) is 9.23. The summed E-state index contributed by atoms with van der Waals surface area (Å²) in [6.45, 7) is 2.08. The average molecular weight is 402 g/mol. The van der Waals surface area contributed by atoms with E-state index in [1.165, 1.54) is 41.9 Å². The molecule has 0 aliphatic rings. The number of nitrogens with zero attached hydrogens (tertiary/aromatic N) is 3. The Morgan fingerprint density at radius 3 is 2.67 bits per heavy atom. The van der Waals surface area contributed by atoms with Gasteiger partial charge >= 0.3 is 0 Å². The van der Waals surface area contributed by atoms with Crippen molar-refractivity contribution in [2.45, 2.75) is 18.4 Å². The third-order valence-corrected chi connectivity index (χ3v) is 6.70. The number of hydrogen-bond acceptors (Lipinski definition) is 5. The zero-order chi connectivity index (χ0) is 19.0. The summed E-state index contributed by atoms with van der Waals surface area (Å²) >= 11 is 1.41. The summed E-state index contributed by atoms with van der Waals surface area (Å²) in [5.74, 6) is -0.292. The smallest absolute Gasteiger partial charge is 0.242 e. The number of pyridine rings is 1. The van der Waals surface area contributed by atoms with Gasteiger partial charge in [-0.25, -0.2) is 22.5 Å². The van der Waals surface area contributed by atoms with Crippen molar-refractivity contribution in [2.75, 3.05) is 0 Å². The molecule has 0 unspecified atom stereocenters. The van der Waals surface area contributed by atoms with Crippen molar-refractivity contribution in [1.82, 2.24) is 19.1 Å². The maximum absolute atomic E-state index is 13.1. The molecule has 6 nitrogen and oxygen atoms in total. The first kappa shape index (κ1) is 17.8. The van der Waals surface area contributed by atoms with Crippen LogP contribution in [0.3, 0.4) is 0 Å². The fourth-order valence-corrected chi connectivity index (χ4v) is 4.76. The molecule has 0 radical (unpaired) electrons. The molecule has 3 aromatic heterocycles. The molecule has 4 aromatic rings. The van der Waals surface area contributed by atoms with E-state index in [-0.39, 0.29) is 17.3 Å². The van der Waals surface area contributed by atoms with Crippen LogP contribution in [-0.2, 0) is 16.6 Å². The molecule has 1 aromatic carbocycles. The van der Waals surface area contributed by atoms with E-state index in [0.717, 1.165) is 26.8 Å². The Hall–Kier alpha value is -2.62.